The average molecular weight is 687 g/mol. The van der Waals surface area contributed by atoms with E-state index in [1.807, 2.05) is 0 Å². The number of benzene rings is 1. The lowest BCUT2D eigenvalue weighted by Gasteiger charge is -2.63. The molecule has 3 saturated heterocycles. The summed E-state index contributed by atoms with van der Waals surface area (Å²) in [5.74, 6) is 0.125. The first-order valence-corrected chi connectivity index (χ1v) is 19.5. The van der Waals surface area contributed by atoms with Crippen molar-refractivity contribution in [3.63, 3.8) is 0 Å². The molecule has 1 aromatic rings. The maximum Gasteiger partial charge on any atom is 0.246 e. The van der Waals surface area contributed by atoms with E-state index in [-0.39, 0.29) is 48.1 Å². The van der Waals surface area contributed by atoms with Gasteiger partial charge in [0.15, 0.2) is 12.1 Å². The lowest BCUT2D eigenvalue weighted by atomic mass is 9.53. The van der Waals surface area contributed by atoms with Gasteiger partial charge in [-0.1, -0.05) is 69.9 Å². The molecule has 2 N–H and O–H groups in total. The quantitative estimate of drug-likeness (QED) is 0.396. The molecule has 2 aliphatic carbocycles. The van der Waals surface area contributed by atoms with Crippen molar-refractivity contribution in [3.8, 4) is 6.07 Å². The topological polar surface area (TPSA) is 110 Å². The van der Waals surface area contributed by atoms with Crippen molar-refractivity contribution in [3.05, 3.63) is 48.0 Å². The Hall–Kier alpha value is -2.65. The Labute approximate surface area is 298 Å². The Morgan fingerprint density at radius 2 is 1.86 bits per heavy atom. The second kappa shape index (κ2) is 15.1. The summed E-state index contributed by atoms with van der Waals surface area (Å²) in [7, 11) is 2.17. The minimum absolute atomic E-state index is 0.0311. The van der Waals surface area contributed by atoms with Crippen molar-refractivity contribution in [2.45, 2.75) is 132 Å². The maximum atomic E-state index is 16.0. The third-order valence-electron chi connectivity index (χ3n) is 13.5. The lowest BCUT2D eigenvalue weighted by molar-refractivity contribution is -0.200. The minimum Gasteiger partial charge on any atom is -0.362 e. The van der Waals surface area contributed by atoms with Crippen LogP contribution in [0.2, 0.25) is 0 Å². The molecule has 4 heterocycles. The molecule has 1 spiro atoms. The van der Waals surface area contributed by atoms with Crippen molar-refractivity contribution in [2.24, 2.45) is 11.8 Å². The van der Waals surface area contributed by atoms with Gasteiger partial charge < -0.3 is 19.3 Å². The molecule has 1 aromatic carbocycles. The highest BCUT2D eigenvalue weighted by Gasteiger charge is 2.67. The summed E-state index contributed by atoms with van der Waals surface area (Å²) in [5, 5.41) is 17.7. The predicted octanol–water partition coefficient (Wildman–Crippen LogP) is 4.66. The predicted molar refractivity (Wildman–Crippen MR) is 192 cm³/mol. The van der Waals surface area contributed by atoms with Gasteiger partial charge in [-0.2, -0.15) is 5.26 Å². The van der Waals surface area contributed by atoms with Gasteiger partial charge in [0.2, 0.25) is 5.91 Å². The summed E-state index contributed by atoms with van der Waals surface area (Å²) < 4.78 is 13.7. The normalized spacial score (nSPS) is 37.4. The molecule has 10 heteroatoms. The highest BCUT2D eigenvalue weighted by molar-refractivity contribution is 5.99. The Balaban J connectivity index is 1.29. The summed E-state index contributed by atoms with van der Waals surface area (Å²) in [6, 6.07) is 10.9. The number of ether oxygens (including phenoxy) is 2. The summed E-state index contributed by atoms with van der Waals surface area (Å²) in [6.45, 7) is 9.74. The monoisotopic (exact) mass is 686 g/mol. The van der Waals surface area contributed by atoms with E-state index in [0.29, 0.717) is 45.3 Å². The van der Waals surface area contributed by atoms with Crippen molar-refractivity contribution < 1.29 is 19.1 Å². The van der Waals surface area contributed by atoms with Gasteiger partial charge >= 0.3 is 0 Å². The zero-order valence-electron chi connectivity index (χ0n) is 30.3. The number of hydrogen-bond donors (Lipinski definition) is 2. The molecule has 5 fully saturated rings. The van der Waals surface area contributed by atoms with Crippen LogP contribution in [0.4, 0.5) is 0 Å². The molecule has 4 aliphatic heterocycles. The lowest BCUT2D eigenvalue weighted by Crippen LogP contribution is -2.83. The standard InChI is InChI=1S/C40H58N6O4/c1-4-35(47)46-24-23-45(25-31(46)19-21-41)36-34-18-20-39(28(2)33-17-11-10-13-29(33)26-50-39)37(48)40(34,30-14-8-6-5-7-9-15-30)43-38(42-36)49-27-32-16-12-22-44(32)3/h4,10-11,13,17,28,30-32,34,36,38,42-43H,1,5-9,12,14-16,18-20,22-27H2,2-3H3/t28?,31?,32?,34?,36?,38?,39-,40?/m0/s1. The molecule has 1 amide bonds. The molecule has 0 aromatic heterocycles. The van der Waals surface area contributed by atoms with Gasteiger partial charge in [-0.05, 0) is 75.2 Å². The van der Waals surface area contributed by atoms with Gasteiger partial charge in [0.25, 0.3) is 0 Å². The minimum atomic E-state index is -0.920. The first-order chi connectivity index (χ1) is 24.3. The number of carbonyl (C=O) groups is 2. The highest BCUT2D eigenvalue weighted by atomic mass is 16.5. The van der Waals surface area contributed by atoms with E-state index in [1.54, 1.807) is 4.90 Å². The highest BCUT2D eigenvalue weighted by Crippen LogP contribution is 2.55. The molecule has 7 unspecified atom stereocenters. The van der Waals surface area contributed by atoms with Crippen LogP contribution >= 0.6 is 0 Å². The summed E-state index contributed by atoms with van der Waals surface area (Å²) >= 11 is 0. The van der Waals surface area contributed by atoms with Crippen molar-refractivity contribution in [1.82, 2.24) is 25.3 Å². The number of nitriles is 1. The molecule has 6 aliphatic rings. The van der Waals surface area contributed by atoms with Gasteiger partial charge in [0.05, 0.1) is 43.5 Å². The van der Waals surface area contributed by atoms with Crippen LogP contribution < -0.4 is 10.6 Å². The fourth-order valence-corrected chi connectivity index (χ4v) is 10.7. The molecular formula is C40H58N6O4. The zero-order chi connectivity index (χ0) is 34.9. The third-order valence-corrected chi connectivity index (χ3v) is 13.5. The van der Waals surface area contributed by atoms with Crippen LogP contribution in [0.15, 0.2) is 36.9 Å². The second-order valence-electron chi connectivity index (χ2n) is 16.0. The largest absolute Gasteiger partial charge is 0.362 e. The fourth-order valence-electron chi connectivity index (χ4n) is 10.7. The number of carbonyl (C=O) groups excluding carboxylic acids is 2. The molecule has 272 valence electrons. The number of piperazine rings is 1. The number of ketones is 1. The van der Waals surface area contributed by atoms with Crippen molar-refractivity contribution >= 4 is 11.7 Å². The van der Waals surface area contributed by atoms with E-state index in [9.17, 15) is 10.1 Å². The smallest absolute Gasteiger partial charge is 0.246 e. The molecule has 0 bridgehead atoms. The molecule has 50 heavy (non-hydrogen) atoms. The SMILES string of the molecule is C=CC(=O)N1CCN(C2NC(OCC3CCCN3C)NC3(C4CCCCCCC4)C(=O)[C@@]4(CCC23)OCc2ccccc2C4C)CC1CC#N. The first kappa shape index (κ1) is 35.7. The van der Waals surface area contributed by atoms with Gasteiger partial charge in [-0.25, -0.2) is 0 Å². The number of fused-ring (bicyclic) bond motifs is 2. The Morgan fingerprint density at radius 3 is 2.60 bits per heavy atom. The van der Waals surface area contributed by atoms with E-state index in [1.165, 1.54) is 42.9 Å². The fraction of sp³-hybridized carbons (Fsp3) is 0.725. The number of likely N-dealkylation sites (tertiary alicyclic amines) is 1. The van der Waals surface area contributed by atoms with Crippen LogP contribution in [0.25, 0.3) is 0 Å². The summed E-state index contributed by atoms with van der Waals surface area (Å²) in [5.41, 5.74) is 0.630. The Bertz CT molecular complexity index is 1440. The van der Waals surface area contributed by atoms with Gasteiger partial charge in [0.1, 0.15) is 5.60 Å². The number of Topliss-reactive ketones (excluding diaryl/α,β-unsaturated/α-hetero) is 1. The van der Waals surface area contributed by atoms with E-state index in [0.717, 1.165) is 45.1 Å². The van der Waals surface area contributed by atoms with Crippen LogP contribution in [0, 0.1) is 23.2 Å². The van der Waals surface area contributed by atoms with E-state index >= 15 is 4.79 Å². The Kier molecular flexibility index (Phi) is 10.8. The molecule has 8 atom stereocenters. The third kappa shape index (κ3) is 6.37. The average Bonchev–Trinajstić information content (AvgIpc) is 3.54. The van der Waals surface area contributed by atoms with Crippen LogP contribution in [0.1, 0.15) is 101 Å². The first-order valence-electron chi connectivity index (χ1n) is 19.5. The van der Waals surface area contributed by atoms with Gasteiger partial charge in [0, 0.05) is 37.5 Å². The number of hydrogen-bond acceptors (Lipinski definition) is 9. The maximum absolute atomic E-state index is 16.0. The van der Waals surface area contributed by atoms with Crippen molar-refractivity contribution in [1.29, 1.82) is 5.26 Å². The van der Waals surface area contributed by atoms with Crippen molar-refractivity contribution in [2.75, 3.05) is 39.8 Å². The number of amides is 1. The number of likely N-dealkylation sites (N-methyl/N-ethyl adjacent to an activating group) is 1. The van der Waals surface area contributed by atoms with E-state index in [4.69, 9.17) is 9.47 Å². The van der Waals surface area contributed by atoms with Gasteiger partial charge in [-0.3, -0.25) is 25.1 Å². The number of nitrogens with one attached hydrogen (secondary N) is 2. The molecule has 7 rings (SSSR count). The van der Waals surface area contributed by atoms with Gasteiger partial charge in [-0.15, -0.1) is 0 Å². The molecule has 0 radical (unpaired) electrons. The summed E-state index contributed by atoms with van der Waals surface area (Å²) in [4.78, 5) is 35.5. The molecule has 2 saturated carbocycles. The second-order valence-corrected chi connectivity index (χ2v) is 16.0. The van der Waals surface area contributed by atoms with Crippen LogP contribution in [-0.2, 0) is 25.7 Å². The van der Waals surface area contributed by atoms with Crippen LogP contribution in [0.5, 0.6) is 0 Å². The summed E-state index contributed by atoms with van der Waals surface area (Å²) in [6.07, 6.45) is 12.5. The zero-order valence-corrected chi connectivity index (χ0v) is 30.3. The van der Waals surface area contributed by atoms with E-state index < -0.39 is 17.5 Å². The van der Waals surface area contributed by atoms with Crippen LogP contribution in [-0.4, -0.2) is 102 Å². The number of rotatable bonds is 7. The van der Waals surface area contributed by atoms with E-state index in [2.05, 4.69) is 71.3 Å². The van der Waals surface area contributed by atoms with Crippen LogP contribution in [0.3, 0.4) is 0 Å². The Morgan fingerprint density at radius 1 is 1.08 bits per heavy atom. The molecule has 10 nitrogen and oxygen atoms in total. The number of nitrogens with zero attached hydrogens (tertiary/aromatic N) is 4. The molecular weight excluding hydrogens is 628 g/mol.